The zero-order valence-electron chi connectivity index (χ0n) is 9.50. The Balaban J connectivity index is 2.28. The molecule has 86 valence electrons. The molecule has 0 fully saturated rings. The van der Waals surface area contributed by atoms with Gasteiger partial charge >= 0.3 is 5.97 Å². The molecule has 2 aromatic rings. The van der Waals surface area contributed by atoms with Crippen LogP contribution >= 0.6 is 0 Å². The summed E-state index contributed by atoms with van der Waals surface area (Å²) in [4.78, 5) is 15.1. The van der Waals surface area contributed by atoms with Gasteiger partial charge in [0.05, 0.1) is 11.6 Å². The Morgan fingerprint density at radius 2 is 1.88 bits per heavy atom. The molecular formula is C14H13NO2. The van der Waals surface area contributed by atoms with Crippen LogP contribution < -0.4 is 0 Å². The maximum absolute atomic E-state index is 10.8. The van der Waals surface area contributed by atoms with E-state index in [1.54, 1.807) is 13.1 Å². The first kappa shape index (κ1) is 11.3. The van der Waals surface area contributed by atoms with Crippen LogP contribution in [0.3, 0.4) is 0 Å². The normalized spacial score (nSPS) is 12.1. The summed E-state index contributed by atoms with van der Waals surface area (Å²) in [7, 11) is 0. The summed E-state index contributed by atoms with van der Waals surface area (Å²) in [5.41, 5.74) is 2.69. The van der Waals surface area contributed by atoms with E-state index in [0.29, 0.717) is 0 Å². The standard InChI is InChI=1S/C14H13NO2/c1-10(14(16)17)11-5-7-12(8-6-11)13-4-2-3-9-15-13/h2-10H,1H3,(H,16,17). The fourth-order valence-electron chi connectivity index (χ4n) is 1.62. The maximum atomic E-state index is 10.8. The van der Waals surface area contributed by atoms with E-state index in [9.17, 15) is 4.79 Å². The molecule has 0 aliphatic rings. The van der Waals surface area contributed by atoms with Crippen molar-refractivity contribution in [3.05, 3.63) is 54.2 Å². The first-order chi connectivity index (χ1) is 8.18. The number of hydrogen-bond acceptors (Lipinski definition) is 2. The molecular weight excluding hydrogens is 214 g/mol. The second-order valence-electron chi connectivity index (χ2n) is 3.90. The third-order valence-corrected chi connectivity index (χ3v) is 2.74. The van der Waals surface area contributed by atoms with Crippen molar-refractivity contribution in [1.29, 1.82) is 0 Å². The Morgan fingerprint density at radius 3 is 2.41 bits per heavy atom. The second-order valence-corrected chi connectivity index (χ2v) is 3.90. The topological polar surface area (TPSA) is 50.2 Å². The van der Waals surface area contributed by atoms with Gasteiger partial charge in [0.15, 0.2) is 0 Å². The quantitative estimate of drug-likeness (QED) is 0.877. The van der Waals surface area contributed by atoms with Gasteiger partial charge in [-0.1, -0.05) is 30.3 Å². The molecule has 2 rings (SSSR count). The molecule has 1 heterocycles. The molecule has 1 N–H and O–H groups in total. The van der Waals surface area contributed by atoms with Crippen molar-refractivity contribution in [3.8, 4) is 11.3 Å². The number of carbonyl (C=O) groups is 1. The van der Waals surface area contributed by atoms with Gasteiger partial charge in [0, 0.05) is 11.8 Å². The summed E-state index contributed by atoms with van der Waals surface area (Å²) < 4.78 is 0. The lowest BCUT2D eigenvalue weighted by molar-refractivity contribution is -0.138. The van der Waals surface area contributed by atoms with Crippen molar-refractivity contribution >= 4 is 5.97 Å². The molecule has 17 heavy (non-hydrogen) atoms. The van der Waals surface area contributed by atoms with Gasteiger partial charge in [-0.05, 0) is 24.6 Å². The second kappa shape index (κ2) is 4.78. The molecule has 0 bridgehead atoms. The molecule has 1 unspecified atom stereocenters. The lowest BCUT2D eigenvalue weighted by atomic mass is 9.99. The van der Waals surface area contributed by atoms with E-state index in [1.165, 1.54) is 0 Å². The van der Waals surface area contributed by atoms with Gasteiger partial charge in [0.1, 0.15) is 0 Å². The molecule has 3 heteroatoms. The van der Waals surface area contributed by atoms with Gasteiger partial charge in [-0.2, -0.15) is 0 Å². The molecule has 0 radical (unpaired) electrons. The third kappa shape index (κ3) is 2.50. The lowest BCUT2D eigenvalue weighted by Gasteiger charge is -2.07. The summed E-state index contributed by atoms with van der Waals surface area (Å²) >= 11 is 0. The van der Waals surface area contributed by atoms with Crippen molar-refractivity contribution in [1.82, 2.24) is 4.98 Å². The van der Waals surface area contributed by atoms with Crippen LogP contribution in [0.1, 0.15) is 18.4 Å². The summed E-state index contributed by atoms with van der Waals surface area (Å²) in [6.07, 6.45) is 1.74. The zero-order chi connectivity index (χ0) is 12.3. The van der Waals surface area contributed by atoms with Gasteiger partial charge in [0.25, 0.3) is 0 Å². The van der Waals surface area contributed by atoms with Gasteiger partial charge in [0.2, 0.25) is 0 Å². The summed E-state index contributed by atoms with van der Waals surface area (Å²) in [6, 6.07) is 13.2. The molecule has 1 aromatic heterocycles. The van der Waals surface area contributed by atoms with E-state index < -0.39 is 11.9 Å². The van der Waals surface area contributed by atoms with E-state index in [4.69, 9.17) is 5.11 Å². The Kier molecular flexibility index (Phi) is 3.19. The first-order valence-electron chi connectivity index (χ1n) is 5.42. The maximum Gasteiger partial charge on any atom is 0.310 e. The fourth-order valence-corrected chi connectivity index (χ4v) is 1.62. The molecule has 0 aliphatic carbocycles. The number of aromatic nitrogens is 1. The lowest BCUT2D eigenvalue weighted by Crippen LogP contribution is -2.06. The van der Waals surface area contributed by atoms with Crippen molar-refractivity contribution in [2.45, 2.75) is 12.8 Å². The molecule has 1 atom stereocenters. The Hall–Kier alpha value is -2.16. The highest BCUT2D eigenvalue weighted by Crippen LogP contribution is 2.21. The number of carboxylic acid groups (broad SMARTS) is 1. The van der Waals surface area contributed by atoms with Crippen LogP contribution in [-0.2, 0) is 4.79 Å². The number of hydrogen-bond donors (Lipinski definition) is 1. The van der Waals surface area contributed by atoms with Crippen LogP contribution in [0.2, 0.25) is 0 Å². The fraction of sp³-hybridized carbons (Fsp3) is 0.143. The first-order valence-corrected chi connectivity index (χ1v) is 5.42. The van der Waals surface area contributed by atoms with Crippen LogP contribution in [0.25, 0.3) is 11.3 Å². The van der Waals surface area contributed by atoms with Crippen molar-refractivity contribution in [2.75, 3.05) is 0 Å². The Bertz CT molecular complexity index is 506. The molecule has 0 aliphatic heterocycles. The molecule has 0 saturated heterocycles. The average Bonchev–Trinajstić information content (AvgIpc) is 2.39. The van der Waals surface area contributed by atoms with Gasteiger partial charge < -0.3 is 5.11 Å². The highest BCUT2D eigenvalue weighted by Gasteiger charge is 2.13. The molecule has 0 amide bonds. The van der Waals surface area contributed by atoms with Gasteiger partial charge in [-0.25, -0.2) is 0 Å². The van der Waals surface area contributed by atoms with Gasteiger partial charge in [-0.3, -0.25) is 9.78 Å². The molecule has 0 spiro atoms. The zero-order valence-corrected chi connectivity index (χ0v) is 9.50. The molecule has 1 aromatic carbocycles. The predicted octanol–water partition coefficient (Wildman–Crippen LogP) is 2.94. The highest BCUT2D eigenvalue weighted by atomic mass is 16.4. The van der Waals surface area contributed by atoms with E-state index in [-0.39, 0.29) is 0 Å². The molecule has 0 saturated carbocycles. The van der Waals surface area contributed by atoms with Crippen LogP contribution in [0.4, 0.5) is 0 Å². The number of pyridine rings is 1. The van der Waals surface area contributed by atoms with E-state index in [2.05, 4.69) is 4.98 Å². The van der Waals surface area contributed by atoms with E-state index in [0.717, 1.165) is 16.8 Å². The number of rotatable bonds is 3. The monoisotopic (exact) mass is 227 g/mol. The van der Waals surface area contributed by atoms with Crippen molar-refractivity contribution < 1.29 is 9.90 Å². The molecule has 3 nitrogen and oxygen atoms in total. The summed E-state index contributed by atoms with van der Waals surface area (Å²) in [6.45, 7) is 1.68. The number of aliphatic carboxylic acids is 1. The van der Waals surface area contributed by atoms with Crippen LogP contribution in [0.15, 0.2) is 48.7 Å². The smallest absolute Gasteiger partial charge is 0.310 e. The van der Waals surface area contributed by atoms with Crippen molar-refractivity contribution in [2.24, 2.45) is 0 Å². The van der Waals surface area contributed by atoms with Crippen molar-refractivity contribution in [3.63, 3.8) is 0 Å². The highest BCUT2D eigenvalue weighted by molar-refractivity contribution is 5.76. The van der Waals surface area contributed by atoms with Gasteiger partial charge in [-0.15, -0.1) is 0 Å². The van der Waals surface area contributed by atoms with Crippen LogP contribution in [0, 0.1) is 0 Å². The number of benzene rings is 1. The minimum absolute atomic E-state index is 0.479. The van der Waals surface area contributed by atoms with Crippen LogP contribution in [-0.4, -0.2) is 16.1 Å². The summed E-state index contributed by atoms with van der Waals surface area (Å²) in [5.74, 6) is -1.29. The van der Waals surface area contributed by atoms with Crippen LogP contribution in [0.5, 0.6) is 0 Å². The largest absolute Gasteiger partial charge is 0.481 e. The SMILES string of the molecule is CC(C(=O)O)c1ccc(-c2ccccn2)cc1. The Labute approximate surface area is 99.8 Å². The minimum atomic E-state index is -0.810. The Morgan fingerprint density at radius 1 is 1.18 bits per heavy atom. The third-order valence-electron chi connectivity index (χ3n) is 2.74. The summed E-state index contributed by atoms with van der Waals surface area (Å²) in [5, 5.41) is 8.91. The number of nitrogens with zero attached hydrogens (tertiary/aromatic N) is 1. The van der Waals surface area contributed by atoms with E-state index >= 15 is 0 Å². The minimum Gasteiger partial charge on any atom is -0.481 e. The average molecular weight is 227 g/mol. The van der Waals surface area contributed by atoms with E-state index in [1.807, 2.05) is 42.5 Å². The number of carboxylic acids is 1. The predicted molar refractivity (Wildman–Crippen MR) is 65.7 cm³/mol.